The van der Waals surface area contributed by atoms with Crippen LogP contribution in [0, 0.1) is 5.92 Å². The minimum atomic E-state index is -0.241. The van der Waals surface area contributed by atoms with E-state index in [0.717, 1.165) is 0 Å². The first-order valence-electron chi connectivity index (χ1n) is 1.94. The van der Waals surface area contributed by atoms with E-state index >= 15 is 0 Å². The normalized spacial score (nSPS) is 7.86. The zero-order valence-corrected chi connectivity index (χ0v) is 6.18. The van der Waals surface area contributed by atoms with Crippen LogP contribution in [0.3, 0.4) is 0 Å². The van der Waals surface area contributed by atoms with Gasteiger partial charge in [-0.05, 0) is 0 Å². The van der Waals surface area contributed by atoms with Crippen molar-refractivity contribution in [3.8, 4) is 0 Å². The molecule has 0 aliphatic heterocycles. The second kappa shape index (κ2) is 4.12. The Kier molecular flexibility index (Phi) is 5.91. The van der Waals surface area contributed by atoms with Gasteiger partial charge in [0.05, 0.1) is 0 Å². The summed E-state index contributed by atoms with van der Waals surface area (Å²) in [4.78, 5) is 9.92. The molecule has 0 saturated carbocycles. The maximum atomic E-state index is 9.92. The zero-order chi connectivity index (χ0) is 5.15. The lowest BCUT2D eigenvalue weighted by Crippen LogP contribution is -2.17. The van der Waals surface area contributed by atoms with E-state index in [1.807, 2.05) is 0 Å². The molecule has 0 unspecified atom stereocenters. The van der Waals surface area contributed by atoms with Crippen LogP contribution in [-0.2, 0) is 4.79 Å². The molecular weight excluding hydrogens is 158 g/mol. The second-order valence-corrected chi connectivity index (χ2v) is 1.56. The predicted octanol–water partition coefficient (Wildman–Crippen LogP) is 0.706. The van der Waals surface area contributed by atoms with E-state index in [-0.39, 0.29) is 28.8 Å². The quantitative estimate of drug-likeness (QED) is 0.615. The first-order valence-corrected chi connectivity index (χ1v) is 1.94. The van der Waals surface area contributed by atoms with Gasteiger partial charge in [-0.2, -0.15) is 0 Å². The van der Waals surface area contributed by atoms with Crippen molar-refractivity contribution in [3.05, 3.63) is 0 Å². The summed E-state index contributed by atoms with van der Waals surface area (Å²) in [5, 5.41) is 0. The molecule has 0 spiro atoms. The maximum absolute atomic E-state index is 9.92. The fourth-order valence-corrected chi connectivity index (χ4v) is 0. The van der Waals surface area contributed by atoms with Crippen molar-refractivity contribution in [3.63, 3.8) is 0 Å². The summed E-state index contributed by atoms with van der Waals surface area (Å²) in [6.07, 6.45) is 0. The number of carbonyl (C=O) groups excluding carboxylic acids is 1. The molecule has 0 aliphatic carbocycles. The van der Waals surface area contributed by atoms with Crippen LogP contribution in [0.5, 0.6) is 0 Å². The van der Waals surface area contributed by atoms with Crippen molar-refractivity contribution in [2.24, 2.45) is 11.7 Å². The number of primary amides is 1. The Bertz CT molecular complexity index is 62.7. The Hall–Kier alpha value is -0.0500. The Morgan fingerprint density at radius 1 is 1.57 bits per heavy atom. The lowest BCUT2D eigenvalue weighted by atomic mass is 10.2. The average molecular weight is 168 g/mol. The highest BCUT2D eigenvalue weighted by Crippen LogP contribution is 1.84. The van der Waals surface area contributed by atoms with E-state index in [4.69, 9.17) is 5.73 Å². The van der Waals surface area contributed by atoms with E-state index in [1.165, 1.54) is 0 Å². The van der Waals surface area contributed by atoms with Crippen LogP contribution in [0.1, 0.15) is 13.8 Å². The van der Waals surface area contributed by atoms with Gasteiger partial charge in [0.2, 0.25) is 5.91 Å². The Labute approximate surface area is 53.8 Å². The lowest BCUT2D eigenvalue weighted by molar-refractivity contribution is -0.120. The molecule has 3 heteroatoms. The van der Waals surface area contributed by atoms with Gasteiger partial charge in [0.15, 0.2) is 0 Å². The average Bonchev–Trinajstić information content (AvgIpc) is 1.36. The van der Waals surface area contributed by atoms with Crippen molar-refractivity contribution in [2.75, 3.05) is 0 Å². The first-order chi connectivity index (χ1) is 2.64. The van der Waals surface area contributed by atoms with Crippen LogP contribution in [0.25, 0.3) is 0 Å². The Morgan fingerprint density at radius 3 is 1.71 bits per heavy atom. The van der Waals surface area contributed by atoms with Crippen LogP contribution in [0.15, 0.2) is 0 Å². The van der Waals surface area contributed by atoms with Gasteiger partial charge in [-0.1, -0.05) is 13.8 Å². The summed E-state index contributed by atoms with van der Waals surface area (Å²) in [7, 11) is 0. The molecule has 0 fully saturated rings. The third-order valence-electron chi connectivity index (χ3n) is 0.569. The molecule has 2 nitrogen and oxygen atoms in total. The molecule has 0 aliphatic rings. The predicted molar refractivity (Wildman–Crippen MR) is 34.4 cm³/mol. The van der Waals surface area contributed by atoms with Crippen LogP contribution in [0.4, 0.5) is 0 Å². The summed E-state index contributed by atoms with van der Waals surface area (Å²) in [5.41, 5.74) is 4.80. The van der Waals surface area contributed by atoms with E-state index in [2.05, 4.69) is 0 Å². The van der Waals surface area contributed by atoms with Crippen LogP contribution in [0.2, 0.25) is 0 Å². The number of halogens is 1. The summed E-state index contributed by atoms with van der Waals surface area (Å²) in [6.45, 7) is 3.53. The monoisotopic (exact) mass is 167 g/mol. The highest BCUT2D eigenvalue weighted by Gasteiger charge is 1.96. The second-order valence-electron chi connectivity index (χ2n) is 1.56. The third kappa shape index (κ3) is 5.95. The smallest absolute Gasteiger partial charge is 0.219 e. The minimum Gasteiger partial charge on any atom is -0.369 e. The summed E-state index contributed by atoms with van der Waals surface area (Å²) >= 11 is 0. The van der Waals surface area contributed by atoms with Gasteiger partial charge in [-0.15, -0.1) is 17.0 Å². The highest BCUT2D eigenvalue weighted by molar-refractivity contribution is 8.93. The molecule has 1 amide bonds. The van der Waals surface area contributed by atoms with E-state index in [1.54, 1.807) is 13.8 Å². The molecule has 0 atom stereocenters. The largest absolute Gasteiger partial charge is 0.369 e. The molecule has 44 valence electrons. The van der Waals surface area contributed by atoms with E-state index in [0.29, 0.717) is 0 Å². The van der Waals surface area contributed by atoms with Crippen molar-refractivity contribution in [2.45, 2.75) is 13.8 Å². The first kappa shape index (κ1) is 10.0. The fraction of sp³-hybridized carbons (Fsp3) is 0.750. The van der Waals surface area contributed by atoms with Crippen molar-refractivity contribution in [1.82, 2.24) is 0 Å². The molecule has 0 heterocycles. The molecule has 2 N–H and O–H groups in total. The van der Waals surface area contributed by atoms with Crippen LogP contribution in [-0.4, -0.2) is 5.91 Å². The number of amides is 1. The molecule has 0 aromatic carbocycles. The number of hydrogen-bond acceptors (Lipinski definition) is 1. The molecule has 0 aromatic heterocycles. The molecule has 0 saturated heterocycles. The van der Waals surface area contributed by atoms with Crippen molar-refractivity contribution >= 4 is 22.9 Å². The number of carbonyl (C=O) groups is 1. The van der Waals surface area contributed by atoms with Crippen LogP contribution < -0.4 is 5.73 Å². The standard InChI is InChI=1S/C4H9NO.BrH/c1-3(2)4(5)6;/h3H,1-2H3,(H2,5,6);1H. The summed E-state index contributed by atoms with van der Waals surface area (Å²) in [5.74, 6) is -0.250. The van der Waals surface area contributed by atoms with E-state index in [9.17, 15) is 4.79 Å². The van der Waals surface area contributed by atoms with Gasteiger partial charge in [-0.25, -0.2) is 0 Å². The number of rotatable bonds is 1. The molecule has 0 aromatic rings. The van der Waals surface area contributed by atoms with Crippen molar-refractivity contribution < 1.29 is 4.79 Å². The van der Waals surface area contributed by atoms with Gasteiger partial charge in [-0.3, -0.25) is 4.79 Å². The van der Waals surface area contributed by atoms with Gasteiger partial charge < -0.3 is 5.73 Å². The molecular formula is C4H10BrNO. The molecule has 7 heavy (non-hydrogen) atoms. The maximum Gasteiger partial charge on any atom is 0.219 e. The van der Waals surface area contributed by atoms with Gasteiger partial charge in [0.25, 0.3) is 0 Å². The highest BCUT2D eigenvalue weighted by atomic mass is 79.9. The number of hydrogen-bond donors (Lipinski definition) is 1. The lowest BCUT2D eigenvalue weighted by Gasteiger charge is -1.90. The van der Waals surface area contributed by atoms with Crippen LogP contribution >= 0.6 is 17.0 Å². The molecule has 0 bridgehead atoms. The van der Waals surface area contributed by atoms with Gasteiger partial charge >= 0.3 is 0 Å². The Morgan fingerprint density at radius 2 is 1.71 bits per heavy atom. The molecule has 0 rings (SSSR count). The molecule has 0 radical (unpaired) electrons. The fourth-order valence-electron chi connectivity index (χ4n) is 0. The summed E-state index contributed by atoms with van der Waals surface area (Å²) < 4.78 is 0. The van der Waals surface area contributed by atoms with E-state index < -0.39 is 0 Å². The summed E-state index contributed by atoms with van der Waals surface area (Å²) in [6, 6.07) is 0. The third-order valence-corrected chi connectivity index (χ3v) is 0.569. The topological polar surface area (TPSA) is 43.1 Å². The van der Waals surface area contributed by atoms with Crippen molar-refractivity contribution in [1.29, 1.82) is 0 Å². The van der Waals surface area contributed by atoms with Gasteiger partial charge in [0, 0.05) is 5.92 Å². The number of nitrogens with two attached hydrogens (primary N) is 1. The Balaban J connectivity index is 0. The van der Waals surface area contributed by atoms with Gasteiger partial charge in [0.1, 0.15) is 0 Å². The SMILES string of the molecule is Br.CC(C)C(N)=O. The minimum absolute atomic E-state index is 0. The zero-order valence-electron chi connectivity index (χ0n) is 4.47.